The van der Waals surface area contributed by atoms with Crippen molar-refractivity contribution in [3.05, 3.63) is 206 Å². The summed E-state index contributed by atoms with van der Waals surface area (Å²) in [6.45, 7) is 0. The highest BCUT2D eigenvalue weighted by molar-refractivity contribution is 6.29. The van der Waals surface area contributed by atoms with Crippen molar-refractivity contribution in [2.75, 3.05) is 0 Å². The van der Waals surface area contributed by atoms with Gasteiger partial charge in [-0.05, 0) is 132 Å². The Bertz CT molecular complexity index is 3290. The summed E-state index contributed by atoms with van der Waals surface area (Å²) < 4.78 is 0. The molecule has 0 saturated carbocycles. The minimum absolute atomic E-state index is 1.24. The van der Waals surface area contributed by atoms with Gasteiger partial charge in [-0.2, -0.15) is 0 Å². The minimum Gasteiger partial charge on any atom is -0.0616 e. The molecule has 0 atom stereocenters. The predicted octanol–water partition coefficient (Wildman–Crippen LogP) is 15.9. The van der Waals surface area contributed by atoms with Gasteiger partial charge in [0.25, 0.3) is 0 Å². The van der Waals surface area contributed by atoms with Crippen molar-refractivity contribution >= 4 is 75.4 Å². The van der Waals surface area contributed by atoms with E-state index in [4.69, 9.17) is 0 Å². The van der Waals surface area contributed by atoms with Gasteiger partial charge >= 0.3 is 0 Å². The molecule has 0 saturated heterocycles. The van der Waals surface area contributed by atoms with Crippen molar-refractivity contribution in [1.82, 2.24) is 0 Å². The van der Waals surface area contributed by atoms with Crippen molar-refractivity contribution in [3.63, 3.8) is 0 Å². The molecule has 0 heteroatoms. The van der Waals surface area contributed by atoms with E-state index >= 15 is 0 Å². The molecule has 0 aliphatic rings. The zero-order valence-electron chi connectivity index (χ0n) is 30.6. The Morgan fingerprint density at radius 1 is 0.179 bits per heavy atom. The van der Waals surface area contributed by atoms with E-state index in [-0.39, 0.29) is 0 Å². The molecule has 12 rings (SSSR count). The molecular weight excluding hydrogens is 673 g/mol. The molecule has 0 amide bonds. The summed E-state index contributed by atoms with van der Waals surface area (Å²) in [4.78, 5) is 0. The molecular formula is C56H34. The van der Waals surface area contributed by atoms with Crippen LogP contribution < -0.4 is 0 Å². The van der Waals surface area contributed by atoms with Gasteiger partial charge in [-0.25, -0.2) is 0 Å². The molecule has 12 aromatic rings. The van der Waals surface area contributed by atoms with Crippen molar-refractivity contribution in [3.8, 4) is 44.5 Å². The molecule has 0 spiro atoms. The van der Waals surface area contributed by atoms with Gasteiger partial charge in [0, 0.05) is 0 Å². The van der Waals surface area contributed by atoms with E-state index in [9.17, 15) is 0 Å². The van der Waals surface area contributed by atoms with E-state index in [1.54, 1.807) is 0 Å². The fourth-order valence-corrected chi connectivity index (χ4v) is 9.58. The Morgan fingerprint density at radius 2 is 0.518 bits per heavy atom. The minimum atomic E-state index is 1.24. The highest BCUT2D eigenvalue weighted by atomic mass is 14.2. The van der Waals surface area contributed by atoms with Crippen LogP contribution in [0.1, 0.15) is 0 Å². The molecule has 0 aliphatic carbocycles. The molecule has 0 nitrogen and oxygen atoms in total. The standard InChI is InChI=1S/C56H34/c1-3-11-39-33-41(23-21-35(39)9-1)43-13-5-17-47-45(43)15-7-19-49(47)51-29-25-37-28-32-54-52(30-26-38-27-31-53(51)55(37)56(38)54)50-20-8-16-46-44(14-6-18-48(46)50)42-24-22-36-10-2-4-12-40(36)34-42/h1-34H. The number of rotatable bonds is 4. The van der Waals surface area contributed by atoms with Crippen LogP contribution in [0.5, 0.6) is 0 Å². The smallest absolute Gasteiger partial charge is 0.00203 e. The molecule has 0 radical (unpaired) electrons. The van der Waals surface area contributed by atoms with Gasteiger partial charge < -0.3 is 0 Å². The number of fused-ring (bicyclic) bond motifs is 4. The largest absolute Gasteiger partial charge is 0.0616 e. The van der Waals surface area contributed by atoms with Crippen molar-refractivity contribution < 1.29 is 0 Å². The van der Waals surface area contributed by atoms with Crippen LogP contribution in [0.4, 0.5) is 0 Å². The summed E-state index contributed by atoms with van der Waals surface area (Å²) >= 11 is 0. The molecule has 0 aromatic heterocycles. The quantitative estimate of drug-likeness (QED) is 0.160. The third-order valence-electron chi connectivity index (χ3n) is 12.2. The lowest BCUT2D eigenvalue weighted by atomic mass is 9.85. The van der Waals surface area contributed by atoms with E-state index in [1.165, 1.54) is 120 Å². The maximum absolute atomic E-state index is 2.35. The summed E-state index contributed by atoms with van der Waals surface area (Å²) in [6, 6.07) is 76.7. The van der Waals surface area contributed by atoms with Crippen LogP contribution >= 0.6 is 0 Å². The normalized spacial score (nSPS) is 11.9. The first-order chi connectivity index (χ1) is 27.8. The van der Waals surface area contributed by atoms with Gasteiger partial charge in [0.15, 0.2) is 0 Å². The Hall–Kier alpha value is -7.28. The van der Waals surface area contributed by atoms with Crippen molar-refractivity contribution in [1.29, 1.82) is 0 Å². The molecule has 0 bridgehead atoms. The van der Waals surface area contributed by atoms with E-state index < -0.39 is 0 Å². The summed E-state index contributed by atoms with van der Waals surface area (Å²) in [5.74, 6) is 0. The third-order valence-corrected chi connectivity index (χ3v) is 12.2. The maximum Gasteiger partial charge on any atom is -0.00203 e. The second-order valence-electron chi connectivity index (χ2n) is 15.2. The maximum atomic E-state index is 2.35. The van der Waals surface area contributed by atoms with Crippen LogP contribution in [0, 0.1) is 0 Å². The Kier molecular flexibility index (Phi) is 6.73. The van der Waals surface area contributed by atoms with Crippen LogP contribution in [0.25, 0.3) is 120 Å². The summed E-state index contributed by atoms with van der Waals surface area (Å²) in [6.07, 6.45) is 0. The second-order valence-corrected chi connectivity index (χ2v) is 15.2. The summed E-state index contributed by atoms with van der Waals surface area (Å²) in [5, 5.41) is 17.9. The van der Waals surface area contributed by atoms with Gasteiger partial charge in [-0.3, -0.25) is 0 Å². The lowest BCUT2D eigenvalue weighted by Gasteiger charge is -2.18. The van der Waals surface area contributed by atoms with Gasteiger partial charge in [0.2, 0.25) is 0 Å². The van der Waals surface area contributed by atoms with Crippen LogP contribution in [0.2, 0.25) is 0 Å². The third kappa shape index (κ3) is 4.66. The van der Waals surface area contributed by atoms with E-state index in [2.05, 4.69) is 206 Å². The average molecular weight is 707 g/mol. The zero-order chi connectivity index (χ0) is 36.7. The number of hydrogen-bond donors (Lipinski definition) is 0. The van der Waals surface area contributed by atoms with Gasteiger partial charge in [-0.1, -0.05) is 194 Å². The SMILES string of the molecule is c1ccc2cc(-c3cccc4c(-c5ccc6ccc7c(-c8cccc9c(-c%10ccc%11ccccc%11c%10)cccc89)ccc8ccc5c6c87)cccc34)ccc2c1. The molecule has 0 aliphatic heterocycles. The lowest BCUT2D eigenvalue weighted by Crippen LogP contribution is -1.91. The van der Waals surface area contributed by atoms with Gasteiger partial charge in [0.05, 0.1) is 0 Å². The molecule has 0 fully saturated rings. The predicted molar refractivity (Wildman–Crippen MR) is 242 cm³/mol. The van der Waals surface area contributed by atoms with Gasteiger partial charge in [0.1, 0.15) is 0 Å². The topological polar surface area (TPSA) is 0 Å². The highest BCUT2D eigenvalue weighted by Gasteiger charge is 2.18. The highest BCUT2D eigenvalue weighted by Crippen LogP contribution is 2.46. The van der Waals surface area contributed by atoms with Crippen molar-refractivity contribution in [2.45, 2.75) is 0 Å². The van der Waals surface area contributed by atoms with Gasteiger partial charge in [-0.15, -0.1) is 0 Å². The van der Waals surface area contributed by atoms with E-state index in [1.807, 2.05) is 0 Å². The van der Waals surface area contributed by atoms with E-state index in [0.29, 0.717) is 0 Å². The Balaban J connectivity index is 1.04. The second kappa shape index (κ2) is 12.1. The monoisotopic (exact) mass is 706 g/mol. The van der Waals surface area contributed by atoms with Crippen LogP contribution in [0.3, 0.4) is 0 Å². The Morgan fingerprint density at radius 3 is 0.964 bits per heavy atom. The van der Waals surface area contributed by atoms with Crippen molar-refractivity contribution in [2.24, 2.45) is 0 Å². The van der Waals surface area contributed by atoms with Crippen LogP contribution in [-0.4, -0.2) is 0 Å². The number of hydrogen-bond acceptors (Lipinski definition) is 0. The molecule has 0 N–H and O–H groups in total. The molecule has 0 unspecified atom stereocenters. The average Bonchev–Trinajstić information content (AvgIpc) is 3.27. The fourth-order valence-electron chi connectivity index (χ4n) is 9.58. The Labute approximate surface area is 324 Å². The van der Waals surface area contributed by atoms with Crippen LogP contribution in [-0.2, 0) is 0 Å². The molecule has 56 heavy (non-hydrogen) atoms. The fraction of sp³-hybridized carbons (Fsp3) is 0. The van der Waals surface area contributed by atoms with E-state index in [0.717, 1.165) is 0 Å². The molecule has 0 heterocycles. The molecule has 258 valence electrons. The zero-order valence-corrected chi connectivity index (χ0v) is 30.6. The first kappa shape index (κ1) is 31.1. The number of benzene rings is 12. The first-order valence-corrected chi connectivity index (χ1v) is 19.5. The summed E-state index contributed by atoms with van der Waals surface area (Å²) in [5.41, 5.74) is 10.1. The van der Waals surface area contributed by atoms with Crippen LogP contribution in [0.15, 0.2) is 206 Å². The first-order valence-electron chi connectivity index (χ1n) is 19.5. The summed E-state index contributed by atoms with van der Waals surface area (Å²) in [7, 11) is 0. The molecule has 12 aromatic carbocycles. The lowest BCUT2D eigenvalue weighted by molar-refractivity contribution is 1.66.